The van der Waals surface area contributed by atoms with Crippen molar-refractivity contribution in [2.75, 3.05) is 13.2 Å². The number of amides is 1. The van der Waals surface area contributed by atoms with E-state index >= 15 is 0 Å². The van der Waals surface area contributed by atoms with Gasteiger partial charge in [0.15, 0.2) is 0 Å². The van der Waals surface area contributed by atoms with Crippen LogP contribution in [0, 0.1) is 11.8 Å². The molecule has 7 nitrogen and oxygen atoms in total. The predicted octanol–water partition coefficient (Wildman–Crippen LogP) is 2.43. The van der Waals surface area contributed by atoms with E-state index in [9.17, 15) is 14.4 Å². The second kappa shape index (κ2) is 9.79. The third-order valence-corrected chi connectivity index (χ3v) is 4.13. The van der Waals surface area contributed by atoms with Gasteiger partial charge in [0.05, 0.1) is 19.1 Å². The lowest BCUT2D eigenvalue weighted by Crippen LogP contribution is -2.42. The number of rotatable bonds is 9. The molecule has 3 atom stereocenters. The average molecular weight is 363 g/mol. The standard InChI is InChI=1S/C19H25NO6/c1-3-24-17(21)15-10-14(15)11-16(18(22)25-4-2)20-19(23)26-12-13-8-6-5-7-9-13/h5-9,14-16H,3-4,10-12H2,1-2H3,(H,20,23)/t14-,15+,16+/m0/s1. The molecule has 0 unspecified atom stereocenters. The highest BCUT2D eigenvalue weighted by Crippen LogP contribution is 2.43. The number of carbonyl (C=O) groups is 3. The van der Waals surface area contributed by atoms with Gasteiger partial charge in [-0.25, -0.2) is 9.59 Å². The van der Waals surface area contributed by atoms with Crippen molar-refractivity contribution in [2.45, 2.75) is 39.3 Å². The number of hydrogen-bond donors (Lipinski definition) is 1. The van der Waals surface area contributed by atoms with Gasteiger partial charge in [0.2, 0.25) is 0 Å². The van der Waals surface area contributed by atoms with Crippen LogP contribution >= 0.6 is 0 Å². The molecule has 1 aromatic carbocycles. The van der Waals surface area contributed by atoms with E-state index in [4.69, 9.17) is 14.2 Å². The van der Waals surface area contributed by atoms with Crippen LogP contribution in [0.25, 0.3) is 0 Å². The number of benzene rings is 1. The van der Waals surface area contributed by atoms with Crippen LogP contribution in [0.2, 0.25) is 0 Å². The summed E-state index contributed by atoms with van der Waals surface area (Å²) < 4.78 is 15.2. The molecule has 1 N–H and O–H groups in total. The van der Waals surface area contributed by atoms with E-state index in [0.29, 0.717) is 19.4 Å². The van der Waals surface area contributed by atoms with Crippen molar-refractivity contribution < 1.29 is 28.6 Å². The highest BCUT2D eigenvalue weighted by Gasteiger charge is 2.46. The molecule has 1 fully saturated rings. The van der Waals surface area contributed by atoms with Crippen molar-refractivity contribution in [3.63, 3.8) is 0 Å². The fourth-order valence-corrected chi connectivity index (χ4v) is 2.71. The Labute approximate surface area is 153 Å². The molecule has 7 heteroatoms. The SMILES string of the molecule is CCOC(=O)[C@@H](C[C@@H]1C[C@H]1C(=O)OCC)NC(=O)OCc1ccccc1. The van der Waals surface area contributed by atoms with E-state index in [1.165, 1.54) is 0 Å². The minimum atomic E-state index is -0.845. The molecule has 0 radical (unpaired) electrons. The second-order valence-corrected chi connectivity index (χ2v) is 6.10. The molecule has 0 spiro atoms. The van der Waals surface area contributed by atoms with Gasteiger partial charge < -0.3 is 19.5 Å². The first-order valence-corrected chi connectivity index (χ1v) is 8.85. The Morgan fingerprint density at radius 2 is 1.77 bits per heavy atom. The van der Waals surface area contributed by atoms with Crippen molar-refractivity contribution in [2.24, 2.45) is 11.8 Å². The molecule has 0 bridgehead atoms. The molecule has 142 valence electrons. The average Bonchev–Trinajstić information content (AvgIpc) is 3.40. The topological polar surface area (TPSA) is 90.9 Å². The number of esters is 2. The molecule has 1 aliphatic rings. The summed E-state index contributed by atoms with van der Waals surface area (Å²) in [5.74, 6) is -1.00. The van der Waals surface area contributed by atoms with Gasteiger partial charge in [-0.2, -0.15) is 0 Å². The first kappa shape index (κ1) is 19.8. The zero-order valence-corrected chi connectivity index (χ0v) is 15.1. The lowest BCUT2D eigenvalue weighted by Gasteiger charge is -2.17. The zero-order valence-electron chi connectivity index (χ0n) is 15.1. The quantitative estimate of drug-likeness (QED) is 0.535. The summed E-state index contributed by atoms with van der Waals surface area (Å²) in [6, 6.07) is 8.40. The largest absolute Gasteiger partial charge is 0.466 e. The number of hydrogen-bond acceptors (Lipinski definition) is 6. The van der Waals surface area contributed by atoms with Gasteiger partial charge in [-0.05, 0) is 38.2 Å². The van der Waals surface area contributed by atoms with Crippen LogP contribution in [0.1, 0.15) is 32.3 Å². The van der Waals surface area contributed by atoms with Crippen molar-refractivity contribution in [3.05, 3.63) is 35.9 Å². The summed E-state index contributed by atoms with van der Waals surface area (Å²) in [5, 5.41) is 2.55. The van der Waals surface area contributed by atoms with Crippen LogP contribution in [0.3, 0.4) is 0 Å². The third-order valence-electron chi connectivity index (χ3n) is 4.13. The van der Waals surface area contributed by atoms with Crippen LogP contribution in [-0.4, -0.2) is 37.3 Å². The number of ether oxygens (including phenoxy) is 3. The van der Waals surface area contributed by atoms with Gasteiger partial charge in [-0.1, -0.05) is 30.3 Å². The lowest BCUT2D eigenvalue weighted by molar-refractivity contribution is -0.147. The van der Waals surface area contributed by atoms with E-state index < -0.39 is 18.1 Å². The third kappa shape index (κ3) is 6.06. The van der Waals surface area contributed by atoms with Crippen molar-refractivity contribution in [3.8, 4) is 0 Å². The highest BCUT2D eigenvalue weighted by molar-refractivity contribution is 5.82. The molecule has 0 aromatic heterocycles. The molecule has 1 aromatic rings. The van der Waals surface area contributed by atoms with E-state index in [1.54, 1.807) is 13.8 Å². The molecular formula is C19H25NO6. The van der Waals surface area contributed by atoms with Crippen molar-refractivity contribution >= 4 is 18.0 Å². The van der Waals surface area contributed by atoms with E-state index in [-0.39, 0.29) is 31.0 Å². The summed E-state index contributed by atoms with van der Waals surface area (Å²) in [4.78, 5) is 35.9. The summed E-state index contributed by atoms with van der Waals surface area (Å²) in [6.45, 7) is 4.09. The predicted molar refractivity (Wildman–Crippen MR) is 93.0 cm³/mol. The minimum absolute atomic E-state index is 0.00196. The molecule has 26 heavy (non-hydrogen) atoms. The molecule has 0 saturated heterocycles. The van der Waals surface area contributed by atoms with Crippen LogP contribution in [0.5, 0.6) is 0 Å². The second-order valence-electron chi connectivity index (χ2n) is 6.10. The molecule has 0 heterocycles. The maximum absolute atomic E-state index is 12.1. The maximum atomic E-state index is 12.1. The van der Waals surface area contributed by atoms with Gasteiger partial charge in [-0.3, -0.25) is 4.79 Å². The molecular weight excluding hydrogens is 338 g/mol. The molecule has 1 aliphatic carbocycles. The Bertz CT molecular complexity index is 618. The number of nitrogens with one attached hydrogen (secondary N) is 1. The zero-order chi connectivity index (χ0) is 18.9. The van der Waals surface area contributed by atoms with Crippen LogP contribution in [-0.2, 0) is 30.4 Å². The van der Waals surface area contributed by atoms with E-state index in [1.807, 2.05) is 30.3 Å². The number of alkyl carbamates (subject to hydrolysis) is 1. The normalized spacial score (nSPS) is 19.2. The van der Waals surface area contributed by atoms with E-state index in [0.717, 1.165) is 5.56 Å². The first-order chi connectivity index (χ1) is 12.5. The molecule has 1 amide bonds. The fraction of sp³-hybridized carbons (Fsp3) is 0.526. The van der Waals surface area contributed by atoms with Crippen molar-refractivity contribution in [1.29, 1.82) is 0 Å². The Balaban J connectivity index is 1.85. The first-order valence-electron chi connectivity index (χ1n) is 8.85. The molecule has 0 aliphatic heterocycles. The van der Waals surface area contributed by atoms with Crippen LogP contribution in [0.4, 0.5) is 4.79 Å². The summed E-state index contributed by atoms with van der Waals surface area (Å²) in [6.07, 6.45) is 0.276. The van der Waals surface area contributed by atoms with Gasteiger partial charge >= 0.3 is 18.0 Å². The van der Waals surface area contributed by atoms with Gasteiger partial charge in [0.1, 0.15) is 12.6 Å². The monoisotopic (exact) mass is 363 g/mol. The van der Waals surface area contributed by atoms with Crippen LogP contribution < -0.4 is 5.32 Å². The summed E-state index contributed by atoms with van der Waals surface area (Å²) >= 11 is 0. The fourth-order valence-electron chi connectivity index (χ4n) is 2.71. The Morgan fingerprint density at radius 3 is 2.42 bits per heavy atom. The van der Waals surface area contributed by atoms with Crippen molar-refractivity contribution in [1.82, 2.24) is 5.32 Å². The summed E-state index contributed by atoms with van der Waals surface area (Å²) in [5.41, 5.74) is 0.847. The lowest BCUT2D eigenvalue weighted by atomic mass is 10.1. The minimum Gasteiger partial charge on any atom is -0.466 e. The maximum Gasteiger partial charge on any atom is 0.408 e. The van der Waals surface area contributed by atoms with Gasteiger partial charge in [0.25, 0.3) is 0 Å². The smallest absolute Gasteiger partial charge is 0.408 e. The Kier molecular flexibility index (Phi) is 7.44. The highest BCUT2D eigenvalue weighted by atomic mass is 16.6. The van der Waals surface area contributed by atoms with Gasteiger partial charge in [0, 0.05) is 0 Å². The molecule has 2 rings (SSSR count). The molecule has 1 saturated carbocycles. The van der Waals surface area contributed by atoms with Crippen LogP contribution in [0.15, 0.2) is 30.3 Å². The van der Waals surface area contributed by atoms with E-state index in [2.05, 4.69) is 5.32 Å². The Morgan fingerprint density at radius 1 is 1.08 bits per heavy atom. The number of carbonyl (C=O) groups excluding carboxylic acids is 3. The van der Waals surface area contributed by atoms with Gasteiger partial charge in [-0.15, -0.1) is 0 Å². The summed E-state index contributed by atoms with van der Waals surface area (Å²) in [7, 11) is 0. The Hall–Kier alpha value is -2.57.